The van der Waals surface area contributed by atoms with E-state index in [1.54, 1.807) is 37.6 Å². The van der Waals surface area contributed by atoms with Gasteiger partial charge in [0.25, 0.3) is 0 Å². The molecule has 2 aromatic heterocycles. The number of aromatic nitrogens is 6. The minimum atomic E-state index is -0.203. The Balaban J connectivity index is 1.25. The number of hydrogen-bond acceptors (Lipinski definition) is 8. The van der Waals surface area contributed by atoms with Crippen molar-refractivity contribution in [3.05, 3.63) is 96.8 Å². The molecule has 2 heterocycles. The number of benzene rings is 3. The van der Waals surface area contributed by atoms with Crippen LogP contribution in [0.2, 0.25) is 0 Å². The van der Waals surface area contributed by atoms with Crippen molar-refractivity contribution in [3.63, 3.8) is 0 Å². The minimum Gasteiger partial charge on any atom is -0.497 e. The first-order valence-corrected chi connectivity index (χ1v) is 12.5. The number of carbonyl (C=O) groups is 1. The number of ether oxygens (including phenoxy) is 1. The number of carbonyl (C=O) groups excluding carboxylic acids is 1. The molecule has 0 aliphatic heterocycles. The fraction of sp³-hybridized carbons (Fsp3) is 0.111. The summed E-state index contributed by atoms with van der Waals surface area (Å²) in [5, 5.41) is 20.5. The molecule has 0 unspecified atom stereocenters. The van der Waals surface area contributed by atoms with E-state index < -0.39 is 0 Å². The van der Waals surface area contributed by atoms with Gasteiger partial charge in [0.15, 0.2) is 0 Å². The van der Waals surface area contributed by atoms with Crippen LogP contribution in [0.3, 0.4) is 0 Å². The molecule has 3 aromatic carbocycles. The van der Waals surface area contributed by atoms with Gasteiger partial charge in [0.1, 0.15) is 23.7 Å². The Morgan fingerprint density at radius 3 is 2.22 bits per heavy atom. The Kier molecular flexibility index (Phi) is 7.47. The molecule has 0 atom stereocenters. The highest BCUT2D eigenvalue weighted by Gasteiger charge is 2.14. The fourth-order valence-electron chi connectivity index (χ4n) is 3.60. The zero-order valence-corrected chi connectivity index (χ0v) is 20.8. The molecule has 1 N–H and O–H groups in total. The Morgan fingerprint density at radius 2 is 1.54 bits per heavy atom. The third-order valence-electron chi connectivity index (χ3n) is 5.38. The highest BCUT2D eigenvalue weighted by Crippen LogP contribution is 2.30. The summed E-state index contributed by atoms with van der Waals surface area (Å²) >= 11 is 1.41. The average molecular weight is 510 g/mol. The molecule has 9 nitrogen and oxygen atoms in total. The van der Waals surface area contributed by atoms with Gasteiger partial charge in [-0.05, 0) is 24.3 Å². The van der Waals surface area contributed by atoms with Crippen molar-refractivity contribution < 1.29 is 9.53 Å². The molecule has 1 amide bonds. The second-order valence-corrected chi connectivity index (χ2v) is 8.94. The van der Waals surface area contributed by atoms with Crippen LogP contribution in [0.1, 0.15) is 5.69 Å². The van der Waals surface area contributed by atoms with E-state index in [0.717, 1.165) is 28.3 Å². The lowest BCUT2D eigenvalue weighted by Crippen LogP contribution is -2.19. The maximum atomic E-state index is 12.4. The normalized spacial score (nSPS) is 10.7. The number of nitrogens with one attached hydrogen (secondary N) is 1. The van der Waals surface area contributed by atoms with Crippen molar-refractivity contribution in [1.82, 2.24) is 30.2 Å². The lowest BCUT2D eigenvalue weighted by atomic mass is 10.0. The Morgan fingerprint density at radius 1 is 0.865 bits per heavy atom. The lowest BCUT2D eigenvalue weighted by molar-refractivity contribution is -0.116. The SMILES string of the molecule is COc1ccc(NC(=O)Cn2cc(CSc3nnc(-c4ccccc4)c(-c4ccccc4)n3)nn2)cc1. The summed E-state index contributed by atoms with van der Waals surface area (Å²) in [6, 6.07) is 26.9. The van der Waals surface area contributed by atoms with Gasteiger partial charge in [-0.3, -0.25) is 4.79 Å². The van der Waals surface area contributed by atoms with Crippen LogP contribution in [-0.2, 0) is 17.1 Å². The number of thioether (sulfide) groups is 1. The molecule has 0 saturated carbocycles. The van der Waals surface area contributed by atoms with Crippen molar-refractivity contribution in [2.45, 2.75) is 17.5 Å². The van der Waals surface area contributed by atoms with Crippen molar-refractivity contribution in [2.75, 3.05) is 12.4 Å². The number of nitrogens with zero attached hydrogens (tertiary/aromatic N) is 6. The first-order chi connectivity index (χ1) is 18.2. The van der Waals surface area contributed by atoms with Gasteiger partial charge in [-0.2, -0.15) is 0 Å². The Labute approximate surface area is 217 Å². The zero-order valence-electron chi connectivity index (χ0n) is 20.0. The first kappa shape index (κ1) is 24.1. The molecule has 0 aliphatic rings. The molecule has 184 valence electrons. The topological polar surface area (TPSA) is 108 Å². The average Bonchev–Trinajstić information content (AvgIpc) is 3.40. The van der Waals surface area contributed by atoms with Crippen LogP contribution in [0.4, 0.5) is 5.69 Å². The maximum Gasteiger partial charge on any atom is 0.246 e. The third kappa shape index (κ3) is 6.17. The van der Waals surface area contributed by atoms with Crippen LogP contribution in [0.25, 0.3) is 22.5 Å². The molecule has 0 aliphatic carbocycles. The predicted octanol–water partition coefficient (Wildman–Crippen LogP) is 4.74. The van der Waals surface area contributed by atoms with Gasteiger partial charge in [-0.15, -0.1) is 15.3 Å². The molecule has 5 aromatic rings. The Hall–Kier alpha value is -4.57. The van der Waals surface area contributed by atoms with Crippen molar-refractivity contribution in [2.24, 2.45) is 0 Å². The van der Waals surface area contributed by atoms with Crippen LogP contribution < -0.4 is 10.1 Å². The molecular weight excluding hydrogens is 486 g/mol. The number of hydrogen-bond donors (Lipinski definition) is 1. The number of amides is 1. The monoisotopic (exact) mass is 509 g/mol. The first-order valence-electron chi connectivity index (χ1n) is 11.5. The molecule has 0 radical (unpaired) electrons. The summed E-state index contributed by atoms with van der Waals surface area (Å²) in [5.41, 5.74) is 4.80. The van der Waals surface area contributed by atoms with Crippen molar-refractivity contribution >= 4 is 23.4 Å². The molecule has 5 rings (SSSR count). The van der Waals surface area contributed by atoms with Crippen molar-refractivity contribution in [1.29, 1.82) is 0 Å². The number of methoxy groups -OCH3 is 1. The summed E-state index contributed by atoms with van der Waals surface area (Å²) in [6.07, 6.45) is 1.74. The lowest BCUT2D eigenvalue weighted by Gasteiger charge is -2.09. The second kappa shape index (κ2) is 11.4. The quantitative estimate of drug-likeness (QED) is 0.284. The summed E-state index contributed by atoms with van der Waals surface area (Å²) in [7, 11) is 1.60. The molecule has 0 spiro atoms. The standard InChI is InChI=1S/C27H23N7O2S/c1-36-23-14-12-21(13-15-23)28-24(35)17-34-16-22(30-33-34)18-37-27-29-25(19-8-4-2-5-9-19)26(31-32-27)20-10-6-3-7-11-20/h2-16H,17-18H2,1H3,(H,28,35). The van der Waals surface area contributed by atoms with Gasteiger partial charge in [-0.25, -0.2) is 9.67 Å². The fourth-order valence-corrected chi connectivity index (χ4v) is 4.27. The van der Waals surface area contributed by atoms with E-state index in [0.29, 0.717) is 22.3 Å². The highest BCUT2D eigenvalue weighted by molar-refractivity contribution is 7.98. The highest BCUT2D eigenvalue weighted by atomic mass is 32.2. The van der Waals surface area contributed by atoms with E-state index >= 15 is 0 Å². The van der Waals surface area contributed by atoms with E-state index in [9.17, 15) is 4.79 Å². The summed E-state index contributed by atoms with van der Waals surface area (Å²) in [4.78, 5) is 17.2. The number of anilines is 1. The van der Waals surface area contributed by atoms with E-state index in [1.165, 1.54) is 16.4 Å². The molecule has 10 heteroatoms. The van der Waals surface area contributed by atoms with Gasteiger partial charge in [0.2, 0.25) is 11.1 Å². The van der Waals surface area contributed by atoms with Gasteiger partial charge in [0, 0.05) is 28.8 Å². The van der Waals surface area contributed by atoms with Crippen LogP contribution in [0.15, 0.2) is 96.3 Å². The largest absolute Gasteiger partial charge is 0.497 e. The van der Waals surface area contributed by atoms with Gasteiger partial charge in [-0.1, -0.05) is 77.6 Å². The smallest absolute Gasteiger partial charge is 0.246 e. The van der Waals surface area contributed by atoms with E-state index in [2.05, 4.69) is 25.8 Å². The molecule has 0 fully saturated rings. The predicted molar refractivity (Wildman–Crippen MR) is 142 cm³/mol. The van der Waals surface area contributed by atoms with Crippen LogP contribution in [0.5, 0.6) is 5.75 Å². The molecular formula is C27H23N7O2S. The van der Waals surface area contributed by atoms with Crippen LogP contribution in [0, 0.1) is 0 Å². The van der Waals surface area contributed by atoms with Gasteiger partial charge in [0.05, 0.1) is 12.8 Å². The van der Waals surface area contributed by atoms with Crippen molar-refractivity contribution in [3.8, 4) is 28.3 Å². The summed E-state index contributed by atoms with van der Waals surface area (Å²) < 4.78 is 6.63. The molecule has 0 bridgehead atoms. The Bertz CT molecular complexity index is 1480. The molecule has 0 saturated heterocycles. The minimum absolute atomic E-state index is 0.0473. The maximum absolute atomic E-state index is 12.4. The third-order valence-corrected chi connectivity index (χ3v) is 6.25. The zero-order chi connectivity index (χ0) is 25.5. The number of rotatable bonds is 9. The second-order valence-electron chi connectivity index (χ2n) is 8.00. The van der Waals surface area contributed by atoms with Crippen LogP contribution in [-0.4, -0.2) is 43.2 Å². The van der Waals surface area contributed by atoms with Gasteiger partial charge >= 0.3 is 0 Å². The summed E-state index contributed by atoms with van der Waals surface area (Å²) in [5.74, 6) is 1.01. The summed E-state index contributed by atoms with van der Waals surface area (Å²) in [6.45, 7) is 0.0473. The van der Waals surface area contributed by atoms with E-state index in [1.807, 2.05) is 60.7 Å². The van der Waals surface area contributed by atoms with E-state index in [-0.39, 0.29) is 12.5 Å². The molecule has 37 heavy (non-hydrogen) atoms. The van der Waals surface area contributed by atoms with E-state index in [4.69, 9.17) is 9.72 Å². The van der Waals surface area contributed by atoms with Crippen LogP contribution >= 0.6 is 11.8 Å². The van der Waals surface area contributed by atoms with Gasteiger partial charge < -0.3 is 10.1 Å².